The van der Waals surface area contributed by atoms with Gasteiger partial charge in [0.2, 0.25) is 0 Å². The summed E-state index contributed by atoms with van der Waals surface area (Å²) in [4.78, 5) is 36.9. The third-order valence-electron chi connectivity index (χ3n) is 5.28. The van der Waals surface area contributed by atoms with Crippen molar-refractivity contribution in [2.75, 3.05) is 12.4 Å². The molecule has 2 aliphatic rings. The van der Waals surface area contributed by atoms with Gasteiger partial charge in [0.1, 0.15) is 26.4 Å². The zero-order valence-corrected chi connectivity index (χ0v) is 23.9. The average Bonchev–Trinajstić information content (AvgIpc) is 3.12. The number of amides is 2. The molecule has 2 amide bonds. The van der Waals surface area contributed by atoms with Gasteiger partial charge in [0, 0.05) is 17.1 Å². The monoisotopic (exact) mass is 573 g/mol. The number of amidine groups is 1. The number of fused-ring (bicyclic) bond motifs is 1. The van der Waals surface area contributed by atoms with Gasteiger partial charge in [0.15, 0.2) is 5.17 Å². The number of imide groups is 1. The van der Waals surface area contributed by atoms with Gasteiger partial charge in [0.05, 0.1) is 12.2 Å². The Morgan fingerprint density at radius 3 is 2.29 bits per heavy atom. The summed E-state index contributed by atoms with van der Waals surface area (Å²) in [6, 6.07) is 0. The molecule has 1 aromatic rings. The third kappa shape index (κ3) is 6.03. The molecule has 0 unspecified atom stereocenters. The van der Waals surface area contributed by atoms with Crippen LogP contribution in [0.4, 0.5) is 9.59 Å². The summed E-state index contributed by atoms with van der Waals surface area (Å²) in [5, 5.41) is 2.84. The van der Waals surface area contributed by atoms with Crippen LogP contribution in [0, 0.1) is 5.92 Å². The molecule has 0 aliphatic carbocycles. The summed E-state index contributed by atoms with van der Waals surface area (Å²) in [5.41, 5.74) is -2.97. The van der Waals surface area contributed by atoms with Crippen molar-refractivity contribution in [1.82, 2.24) is 9.88 Å². The molecule has 2 aliphatic heterocycles. The van der Waals surface area contributed by atoms with Gasteiger partial charge in [-0.2, -0.15) is 4.90 Å². The first-order valence-corrected chi connectivity index (χ1v) is 13.6. The minimum atomic E-state index is -0.859. The Labute approximate surface area is 217 Å². The number of hydrogen-bond donors (Lipinski definition) is 0. The predicted octanol–water partition coefficient (Wildman–Crippen LogP) is 6.36. The summed E-state index contributed by atoms with van der Waals surface area (Å²) in [6.45, 7) is 16.6. The maximum atomic E-state index is 13.2. The summed E-state index contributed by atoms with van der Waals surface area (Å²) >= 11 is 6.22. The topological polar surface area (TPSA) is 90.3 Å². The molecule has 34 heavy (non-hydrogen) atoms. The quantitative estimate of drug-likeness (QED) is 0.380. The zero-order chi connectivity index (χ0) is 25.5. The Hall–Kier alpha value is -1.43. The number of carbonyl (C=O) groups is 2. The summed E-state index contributed by atoms with van der Waals surface area (Å²) in [6.07, 6.45) is 0.812. The number of aromatic nitrogens is 1. The normalized spacial score (nSPS) is 27.3. The second-order valence-electron chi connectivity index (χ2n) is 10.6. The highest BCUT2D eigenvalue weighted by Crippen LogP contribution is 2.50. The molecule has 3 heterocycles. The smallest absolute Gasteiger partial charge is 0.426 e. The van der Waals surface area contributed by atoms with E-state index in [0.717, 1.165) is 9.91 Å². The minimum absolute atomic E-state index is 0.0511. The Bertz CT molecular complexity index is 971. The number of thiazole rings is 1. The molecule has 1 aromatic heterocycles. The lowest BCUT2D eigenvalue weighted by atomic mass is 9.76. The van der Waals surface area contributed by atoms with Gasteiger partial charge in [-0.1, -0.05) is 17.8 Å². The summed E-state index contributed by atoms with van der Waals surface area (Å²) in [5.74, 6) is 0.653. The van der Waals surface area contributed by atoms with Crippen molar-refractivity contribution < 1.29 is 23.8 Å². The lowest BCUT2D eigenvalue weighted by Gasteiger charge is -2.48. The van der Waals surface area contributed by atoms with E-state index in [1.165, 1.54) is 23.1 Å². The van der Waals surface area contributed by atoms with Crippen molar-refractivity contribution in [3.63, 3.8) is 0 Å². The lowest BCUT2D eigenvalue weighted by Crippen LogP contribution is -2.55. The lowest BCUT2D eigenvalue weighted by molar-refractivity contribution is -0.0926. The first kappa shape index (κ1) is 27.2. The molecule has 0 N–H and O–H groups in total. The van der Waals surface area contributed by atoms with Crippen LogP contribution in [-0.4, -0.2) is 56.4 Å². The maximum Gasteiger partial charge on any atom is 0.426 e. The number of rotatable bonds is 2. The number of carbonyl (C=O) groups excluding carboxylic acids is 2. The van der Waals surface area contributed by atoms with E-state index >= 15 is 0 Å². The highest BCUT2D eigenvalue weighted by molar-refractivity contribution is 9.10. The zero-order valence-electron chi connectivity index (χ0n) is 20.6. The van der Waals surface area contributed by atoms with Gasteiger partial charge < -0.3 is 14.2 Å². The standard InChI is InChI=1S/C23H32BrN3O5S2/c1-9-22(8)10-14-11-34-17(26-23(14,13-30-22)16-25-15(24)12-33-16)27(18(28)31-20(2,3)4)19(29)32-21(5,6)7/h9,12,14H,1,10-11,13H2,2-8H3/t14-,22-,23-/m0/s1. The van der Waals surface area contributed by atoms with Crippen molar-refractivity contribution in [2.45, 2.75) is 77.2 Å². The van der Waals surface area contributed by atoms with E-state index in [9.17, 15) is 9.59 Å². The Morgan fingerprint density at radius 1 is 1.24 bits per heavy atom. The van der Waals surface area contributed by atoms with E-state index in [1.807, 2.05) is 18.4 Å². The molecule has 3 atom stereocenters. The van der Waals surface area contributed by atoms with E-state index in [2.05, 4.69) is 27.5 Å². The van der Waals surface area contributed by atoms with Gasteiger partial charge in [-0.15, -0.1) is 17.9 Å². The van der Waals surface area contributed by atoms with E-state index in [1.54, 1.807) is 41.5 Å². The highest BCUT2D eigenvalue weighted by atomic mass is 79.9. The van der Waals surface area contributed by atoms with Crippen molar-refractivity contribution in [1.29, 1.82) is 0 Å². The Morgan fingerprint density at radius 2 is 1.82 bits per heavy atom. The molecule has 11 heteroatoms. The molecule has 0 aromatic carbocycles. The van der Waals surface area contributed by atoms with Crippen molar-refractivity contribution in [2.24, 2.45) is 10.9 Å². The first-order chi connectivity index (χ1) is 15.6. The van der Waals surface area contributed by atoms with Crippen LogP contribution in [0.25, 0.3) is 0 Å². The molecule has 8 nitrogen and oxygen atoms in total. The van der Waals surface area contributed by atoms with Gasteiger partial charge in [0.25, 0.3) is 0 Å². The predicted molar refractivity (Wildman–Crippen MR) is 138 cm³/mol. The van der Waals surface area contributed by atoms with Crippen molar-refractivity contribution >= 4 is 56.4 Å². The van der Waals surface area contributed by atoms with Crippen LogP contribution in [-0.2, 0) is 19.7 Å². The van der Waals surface area contributed by atoms with E-state index in [0.29, 0.717) is 16.8 Å². The molecule has 0 bridgehead atoms. The molecule has 0 spiro atoms. The molecule has 1 saturated heterocycles. The maximum absolute atomic E-state index is 13.2. The van der Waals surface area contributed by atoms with E-state index in [4.69, 9.17) is 19.2 Å². The number of ether oxygens (including phenoxy) is 3. The number of aliphatic imine (C=N–C) groups is 1. The fourth-order valence-corrected chi connectivity index (χ4v) is 6.36. The molecule has 1 fully saturated rings. The third-order valence-corrected chi connectivity index (χ3v) is 8.10. The van der Waals surface area contributed by atoms with Crippen LogP contribution in [0.1, 0.15) is 59.9 Å². The van der Waals surface area contributed by atoms with Crippen LogP contribution in [0.3, 0.4) is 0 Å². The number of halogens is 1. The molecule has 188 valence electrons. The van der Waals surface area contributed by atoms with Gasteiger partial charge >= 0.3 is 12.2 Å². The second-order valence-corrected chi connectivity index (χ2v) is 13.3. The number of hydrogen-bond acceptors (Lipinski definition) is 9. The SMILES string of the molecule is C=C[C@@]1(C)C[C@H]2CSC(N(C(=O)OC(C)(C)C)C(=O)OC(C)(C)C)=N[C@@]2(c2nc(Br)cs2)CO1. The highest BCUT2D eigenvalue weighted by Gasteiger charge is 2.54. The van der Waals surface area contributed by atoms with Gasteiger partial charge in [-0.3, -0.25) is 0 Å². The molecule has 0 radical (unpaired) electrons. The number of nitrogens with zero attached hydrogens (tertiary/aromatic N) is 3. The van der Waals surface area contributed by atoms with Gasteiger partial charge in [-0.05, 0) is 70.8 Å². The van der Waals surface area contributed by atoms with Crippen LogP contribution in [0.2, 0.25) is 0 Å². The molecule has 3 rings (SSSR count). The van der Waals surface area contributed by atoms with Crippen LogP contribution >= 0.6 is 39.0 Å². The van der Waals surface area contributed by atoms with Crippen molar-refractivity contribution in [3.8, 4) is 0 Å². The molecular weight excluding hydrogens is 542 g/mol. The largest absolute Gasteiger partial charge is 0.443 e. The fourth-order valence-electron chi connectivity index (χ4n) is 3.65. The van der Waals surface area contributed by atoms with E-state index < -0.39 is 34.5 Å². The Balaban J connectivity index is 2.09. The second kappa shape index (κ2) is 9.55. The van der Waals surface area contributed by atoms with Crippen LogP contribution in [0.5, 0.6) is 0 Å². The van der Waals surface area contributed by atoms with E-state index in [-0.39, 0.29) is 17.7 Å². The summed E-state index contributed by atoms with van der Waals surface area (Å²) < 4.78 is 18.0. The number of thioether (sulfide) groups is 1. The average molecular weight is 575 g/mol. The van der Waals surface area contributed by atoms with Gasteiger partial charge in [-0.25, -0.2) is 19.6 Å². The molecule has 0 saturated carbocycles. The first-order valence-electron chi connectivity index (χ1n) is 11.0. The fraction of sp³-hybridized carbons (Fsp3) is 0.652. The molecular formula is C23H32BrN3O5S2. The van der Waals surface area contributed by atoms with Crippen molar-refractivity contribution in [3.05, 3.63) is 27.6 Å². The van der Waals surface area contributed by atoms with Crippen LogP contribution in [0.15, 0.2) is 27.6 Å². The summed E-state index contributed by atoms with van der Waals surface area (Å²) in [7, 11) is 0. The Kier molecular flexibility index (Phi) is 7.63. The minimum Gasteiger partial charge on any atom is -0.443 e. The van der Waals surface area contributed by atoms with Crippen LogP contribution < -0.4 is 0 Å².